The van der Waals surface area contributed by atoms with Crippen LogP contribution < -0.4 is 10.5 Å². The Morgan fingerprint density at radius 3 is 2.61 bits per heavy atom. The number of Topliss-reactive ketones (excluding diaryl/α,β-unsaturated/α-hetero) is 1. The molecule has 1 aromatic carbocycles. The second-order valence-electron chi connectivity index (χ2n) is 4.06. The summed E-state index contributed by atoms with van der Waals surface area (Å²) in [6.45, 7) is 2.35. The van der Waals surface area contributed by atoms with Crippen LogP contribution >= 0.6 is 0 Å². The van der Waals surface area contributed by atoms with E-state index in [1.807, 2.05) is 6.92 Å². The number of benzene rings is 1. The molecule has 0 atom stereocenters. The molecule has 0 aliphatic rings. The fourth-order valence-corrected chi connectivity index (χ4v) is 1.58. The molecule has 98 valence electrons. The summed E-state index contributed by atoms with van der Waals surface area (Å²) in [4.78, 5) is 22.2. The first-order valence-electron chi connectivity index (χ1n) is 6.18. The van der Waals surface area contributed by atoms with Crippen molar-refractivity contribution < 1.29 is 14.3 Å². The molecule has 0 fully saturated rings. The quantitative estimate of drug-likeness (QED) is 0.719. The first-order chi connectivity index (χ1) is 8.65. The minimum Gasteiger partial charge on any atom is -0.493 e. The molecule has 0 aliphatic carbocycles. The third-order valence-corrected chi connectivity index (χ3v) is 2.65. The van der Waals surface area contributed by atoms with Gasteiger partial charge < -0.3 is 10.5 Å². The van der Waals surface area contributed by atoms with Crippen LogP contribution in [0.1, 0.15) is 43.0 Å². The van der Waals surface area contributed by atoms with Crippen molar-refractivity contribution in [3.63, 3.8) is 0 Å². The predicted molar refractivity (Wildman–Crippen MR) is 69.6 cm³/mol. The van der Waals surface area contributed by atoms with Crippen molar-refractivity contribution in [1.82, 2.24) is 0 Å². The second kappa shape index (κ2) is 7.48. The van der Waals surface area contributed by atoms with Crippen molar-refractivity contribution in [2.24, 2.45) is 5.73 Å². The topological polar surface area (TPSA) is 69.4 Å². The minimum atomic E-state index is -0.494. The molecule has 0 spiro atoms. The summed E-state index contributed by atoms with van der Waals surface area (Å²) in [5, 5.41) is 0. The molecular weight excluding hydrogens is 230 g/mol. The molecule has 0 radical (unpaired) electrons. The van der Waals surface area contributed by atoms with E-state index in [2.05, 4.69) is 0 Å². The number of ether oxygens (including phenoxy) is 1. The molecule has 0 unspecified atom stereocenters. The average molecular weight is 249 g/mol. The van der Waals surface area contributed by atoms with E-state index in [0.29, 0.717) is 30.8 Å². The van der Waals surface area contributed by atoms with Gasteiger partial charge in [-0.1, -0.05) is 19.1 Å². The summed E-state index contributed by atoms with van der Waals surface area (Å²) in [6.07, 6.45) is 2.78. The Hall–Kier alpha value is -1.84. The van der Waals surface area contributed by atoms with Crippen LogP contribution in [0.2, 0.25) is 0 Å². The molecule has 0 bridgehead atoms. The highest BCUT2D eigenvalue weighted by Gasteiger charge is 2.07. The molecule has 1 amide bonds. The Bertz CT molecular complexity index is 415. The van der Waals surface area contributed by atoms with Crippen molar-refractivity contribution in [1.29, 1.82) is 0 Å². The lowest BCUT2D eigenvalue weighted by Crippen LogP contribution is -2.13. The highest BCUT2D eigenvalue weighted by Crippen LogP contribution is 2.17. The third kappa shape index (κ3) is 4.57. The van der Waals surface area contributed by atoms with Crippen LogP contribution in [-0.4, -0.2) is 18.3 Å². The number of carbonyl (C=O) groups is 2. The highest BCUT2D eigenvalue weighted by atomic mass is 16.5. The van der Waals surface area contributed by atoms with Gasteiger partial charge in [0.1, 0.15) is 11.5 Å². The lowest BCUT2D eigenvalue weighted by molar-refractivity contribution is -0.118. The first kappa shape index (κ1) is 14.2. The fourth-order valence-electron chi connectivity index (χ4n) is 1.58. The zero-order valence-corrected chi connectivity index (χ0v) is 10.6. The molecule has 0 heterocycles. The van der Waals surface area contributed by atoms with Crippen LogP contribution in [0, 0.1) is 0 Å². The maximum atomic E-state index is 11.1. The van der Waals surface area contributed by atoms with E-state index < -0.39 is 5.91 Å². The third-order valence-electron chi connectivity index (χ3n) is 2.65. The van der Waals surface area contributed by atoms with Gasteiger partial charge in [-0.2, -0.15) is 0 Å². The molecule has 4 nitrogen and oxygen atoms in total. The fraction of sp³-hybridized carbons (Fsp3) is 0.429. The highest BCUT2D eigenvalue weighted by molar-refractivity contribution is 5.95. The molecule has 18 heavy (non-hydrogen) atoms. The van der Waals surface area contributed by atoms with Crippen molar-refractivity contribution >= 4 is 11.7 Å². The average Bonchev–Trinajstić information content (AvgIpc) is 2.38. The van der Waals surface area contributed by atoms with Crippen LogP contribution in [0.15, 0.2) is 24.3 Å². The molecule has 0 aromatic heterocycles. The summed E-state index contributed by atoms with van der Waals surface area (Å²) in [6, 6.07) is 6.89. The van der Waals surface area contributed by atoms with Crippen molar-refractivity contribution in [3.8, 4) is 5.75 Å². The first-order valence-corrected chi connectivity index (χ1v) is 6.18. The van der Waals surface area contributed by atoms with Crippen LogP contribution in [0.25, 0.3) is 0 Å². The van der Waals surface area contributed by atoms with E-state index in [9.17, 15) is 9.59 Å². The Labute approximate surface area is 107 Å². The Balaban J connectivity index is 2.35. The molecule has 4 heteroatoms. The van der Waals surface area contributed by atoms with Gasteiger partial charge in [-0.05, 0) is 25.0 Å². The van der Waals surface area contributed by atoms with Crippen LogP contribution in [0.5, 0.6) is 5.75 Å². The van der Waals surface area contributed by atoms with Crippen LogP contribution in [0.4, 0.5) is 0 Å². The number of primary amides is 1. The molecule has 2 N–H and O–H groups in total. The smallest absolute Gasteiger partial charge is 0.252 e. The maximum absolute atomic E-state index is 11.1. The van der Waals surface area contributed by atoms with E-state index in [0.717, 1.165) is 12.8 Å². The number of para-hydroxylation sites is 1. The Morgan fingerprint density at radius 1 is 1.22 bits per heavy atom. The van der Waals surface area contributed by atoms with Crippen LogP contribution in [0.3, 0.4) is 0 Å². The van der Waals surface area contributed by atoms with Gasteiger partial charge in [0, 0.05) is 12.8 Å². The lowest BCUT2D eigenvalue weighted by Gasteiger charge is -2.08. The van der Waals surface area contributed by atoms with Gasteiger partial charge in [0.15, 0.2) is 0 Å². The van der Waals surface area contributed by atoms with E-state index in [4.69, 9.17) is 10.5 Å². The summed E-state index contributed by atoms with van der Waals surface area (Å²) in [5.74, 6) is 0.283. The molecule has 1 rings (SSSR count). The largest absolute Gasteiger partial charge is 0.493 e. The number of unbranched alkanes of at least 4 members (excludes halogenated alkanes) is 1. The molecule has 0 saturated heterocycles. The van der Waals surface area contributed by atoms with E-state index in [1.165, 1.54) is 0 Å². The molecule has 1 aromatic rings. The van der Waals surface area contributed by atoms with Gasteiger partial charge in [-0.3, -0.25) is 9.59 Å². The molecular formula is C14H19NO3. The van der Waals surface area contributed by atoms with Gasteiger partial charge in [0.05, 0.1) is 12.2 Å². The van der Waals surface area contributed by atoms with Gasteiger partial charge in [0.25, 0.3) is 5.91 Å². The van der Waals surface area contributed by atoms with E-state index in [-0.39, 0.29) is 5.78 Å². The van der Waals surface area contributed by atoms with Crippen LogP contribution in [-0.2, 0) is 4.79 Å². The van der Waals surface area contributed by atoms with Gasteiger partial charge >= 0.3 is 0 Å². The maximum Gasteiger partial charge on any atom is 0.252 e. The number of amides is 1. The Kier molecular flexibility index (Phi) is 5.91. The number of hydrogen-bond donors (Lipinski definition) is 1. The number of carbonyl (C=O) groups excluding carboxylic acids is 2. The summed E-state index contributed by atoms with van der Waals surface area (Å²) in [5.41, 5.74) is 5.63. The zero-order chi connectivity index (χ0) is 13.4. The summed E-state index contributed by atoms with van der Waals surface area (Å²) >= 11 is 0. The van der Waals surface area contributed by atoms with E-state index in [1.54, 1.807) is 24.3 Å². The zero-order valence-electron chi connectivity index (χ0n) is 10.6. The predicted octanol–water partition coefficient (Wildman–Crippen LogP) is 2.31. The van der Waals surface area contributed by atoms with E-state index >= 15 is 0 Å². The monoisotopic (exact) mass is 249 g/mol. The SMILES string of the molecule is CCC(=O)CCCCOc1ccccc1C(N)=O. The standard InChI is InChI=1S/C14H19NO3/c1-2-11(16)7-5-6-10-18-13-9-4-3-8-12(13)14(15)17/h3-4,8-9H,2,5-7,10H2,1H3,(H2,15,17). The van der Waals surface area contributed by atoms with Gasteiger partial charge in [-0.25, -0.2) is 0 Å². The number of ketones is 1. The number of hydrogen-bond acceptors (Lipinski definition) is 3. The van der Waals surface area contributed by atoms with Crippen molar-refractivity contribution in [2.45, 2.75) is 32.6 Å². The van der Waals surface area contributed by atoms with Gasteiger partial charge in [-0.15, -0.1) is 0 Å². The number of rotatable bonds is 8. The van der Waals surface area contributed by atoms with Crippen molar-refractivity contribution in [2.75, 3.05) is 6.61 Å². The second-order valence-corrected chi connectivity index (χ2v) is 4.06. The number of nitrogens with two attached hydrogens (primary N) is 1. The lowest BCUT2D eigenvalue weighted by atomic mass is 10.1. The molecule has 0 saturated carbocycles. The molecule has 0 aliphatic heterocycles. The summed E-state index contributed by atoms with van der Waals surface area (Å²) < 4.78 is 5.50. The van der Waals surface area contributed by atoms with Gasteiger partial charge in [0.2, 0.25) is 0 Å². The normalized spacial score (nSPS) is 10.1. The minimum absolute atomic E-state index is 0.271. The summed E-state index contributed by atoms with van der Waals surface area (Å²) in [7, 11) is 0. The van der Waals surface area contributed by atoms with Crippen molar-refractivity contribution in [3.05, 3.63) is 29.8 Å². The Morgan fingerprint density at radius 2 is 1.94 bits per heavy atom.